The molecule has 0 atom stereocenters. The number of hydrogen-bond donors (Lipinski definition) is 2. The van der Waals surface area contributed by atoms with Crippen molar-refractivity contribution < 1.29 is 9.59 Å². The molecule has 2 amide bonds. The van der Waals surface area contributed by atoms with Gasteiger partial charge in [0.1, 0.15) is 0 Å². The van der Waals surface area contributed by atoms with Gasteiger partial charge in [-0.25, -0.2) is 0 Å². The van der Waals surface area contributed by atoms with Crippen LogP contribution in [0.4, 0.5) is 0 Å². The number of rotatable bonds is 4. The fraction of sp³-hybridized carbons (Fsp3) is 0.500. The first-order valence-corrected chi connectivity index (χ1v) is 10.8. The van der Waals surface area contributed by atoms with Gasteiger partial charge in [0, 0.05) is 31.1 Å². The first-order valence-electron chi connectivity index (χ1n) is 10.8. The fourth-order valence-electron chi connectivity index (χ4n) is 4.58. The highest BCUT2D eigenvalue weighted by Crippen LogP contribution is 2.28. The maximum absolute atomic E-state index is 13.1. The van der Waals surface area contributed by atoms with Gasteiger partial charge in [-0.15, -0.1) is 0 Å². The van der Waals surface area contributed by atoms with E-state index in [1.165, 1.54) is 0 Å². The third-order valence-electron chi connectivity index (χ3n) is 6.67. The van der Waals surface area contributed by atoms with Crippen molar-refractivity contribution in [3.8, 4) is 0 Å². The van der Waals surface area contributed by atoms with Gasteiger partial charge >= 0.3 is 0 Å². The van der Waals surface area contributed by atoms with Gasteiger partial charge in [0.15, 0.2) is 0 Å². The summed E-state index contributed by atoms with van der Waals surface area (Å²) in [6.45, 7) is 6.35. The van der Waals surface area contributed by atoms with Gasteiger partial charge in [-0.3, -0.25) is 9.59 Å². The number of nitrogens with one attached hydrogen (secondary N) is 2. The zero-order valence-electron chi connectivity index (χ0n) is 17.2. The quantitative estimate of drug-likeness (QED) is 0.839. The van der Waals surface area contributed by atoms with Crippen molar-refractivity contribution in [1.82, 2.24) is 15.5 Å². The van der Waals surface area contributed by atoms with Crippen LogP contribution in [0.15, 0.2) is 42.5 Å². The lowest BCUT2D eigenvalue weighted by Gasteiger charge is -2.35. The van der Waals surface area contributed by atoms with Gasteiger partial charge in [-0.1, -0.05) is 43.3 Å². The van der Waals surface area contributed by atoms with Crippen LogP contribution in [0.3, 0.4) is 0 Å². The van der Waals surface area contributed by atoms with Crippen molar-refractivity contribution in [3.05, 3.63) is 48.0 Å². The Bertz CT molecular complexity index is 875. The number of fused-ring (bicyclic) bond motifs is 1. The van der Waals surface area contributed by atoms with Crippen LogP contribution >= 0.6 is 0 Å². The van der Waals surface area contributed by atoms with Gasteiger partial charge in [-0.05, 0) is 61.0 Å². The number of carbonyl (C=O) groups excluding carboxylic acids is 2. The van der Waals surface area contributed by atoms with Crippen LogP contribution in [-0.2, 0) is 4.79 Å². The highest BCUT2D eigenvalue weighted by molar-refractivity contribution is 6.07. The summed E-state index contributed by atoms with van der Waals surface area (Å²) in [6.07, 6.45) is 3.68. The molecule has 2 aliphatic rings. The van der Waals surface area contributed by atoms with E-state index in [9.17, 15) is 9.59 Å². The van der Waals surface area contributed by atoms with E-state index in [0.29, 0.717) is 13.1 Å². The smallest absolute Gasteiger partial charge is 0.254 e. The minimum Gasteiger partial charge on any atom is -0.355 e. The Hall–Kier alpha value is -2.40. The van der Waals surface area contributed by atoms with Crippen molar-refractivity contribution in [2.45, 2.75) is 32.6 Å². The summed E-state index contributed by atoms with van der Waals surface area (Å²) in [5.41, 5.74) is 0.955. The second-order valence-electron chi connectivity index (χ2n) is 8.87. The molecular formula is C24H31N3O2. The molecule has 5 nitrogen and oxygen atoms in total. The molecule has 0 radical (unpaired) electrons. The predicted octanol–water partition coefficient (Wildman–Crippen LogP) is 3.20. The summed E-state index contributed by atoms with van der Waals surface area (Å²) in [6, 6.07) is 13.9. The van der Waals surface area contributed by atoms with Crippen molar-refractivity contribution in [2.24, 2.45) is 11.3 Å². The standard InChI is InChI=1S/C24H31N3O2/c1-24(11-13-25-14-12-24)17-26-22(28)19-9-15-27(16-10-19)23(29)21-8-4-6-18-5-2-3-7-20(18)21/h2-8,19,25H,9-17H2,1H3,(H,26,28). The first-order chi connectivity index (χ1) is 14.1. The molecule has 0 aromatic heterocycles. The zero-order valence-corrected chi connectivity index (χ0v) is 17.2. The van der Waals surface area contributed by atoms with Crippen LogP contribution in [0.25, 0.3) is 10.8 Å². The van der Waals surface area contributed by atoms with Crippen LogP contribution in [0, 0.1) is 11.3 Å². The predicted molar refractivity (Wildman–Crippen MR) is 116 cm³/mol. The Morgan fingerprint density at radius 1 is 1.07 bits per heavy atom. The van der Waals surface area contributed by atoms with Crippen molar-refractivity contribution in [2.75, 3.05) is 32.7 Å². The summed E-state index contributed by atoms with van der Waals surface area (Å²) in [7, 11) is 0. The van der Waals surface area contributed by atoms with E-state index in [0.717, 1.165) is 61.7 Å². The molecule has 2 fully saturated rings. The highest BCUT2D eigenvalue weighted by Gasteiger charge is 2.31. The number of carbonyl (C=O) groups is 2. The lowest BCUT2D eigenvalue weighted by Crippen LogP contribution is -2.47. The minimum atomic E-state index is 0.0110. The van der Waals surface area contributed by atoms with Crippen LogP contribution in [-0.4, -0.2) is 49.4 Å². The molecule has 2 aromatic carbocycles. The van der Waals surface area contributed by atoms with Crippen molar-refractivity contribution >= 4 is 22.6 Å². The Morgan fingerprint density at radius 3 is 2.52 bits per heavy atom. The SMILES string of the molecule is CC1(CNC(=O)C2CCN(C(=O)c3cccc4ccccc34)CC2)CCNCC1. The molecule has 2 aromatic rings. The molecule has 2 saturated heterocycles. The third kappa shape index (κ3) is 4.45. The van der Waals surface area contributed by atoms with E-state index in [-0.39, 0.29) is 23.1 Å². The Kier molecular flexibility index (Phi) is 5.86. The average Bonchev–Trinajstić information content (AvgIpc) is 2.77. The Morgan fingerprint density at radius 2 is 1.76 bits per heavy atom. The average molecular weight is 394 g/mol. The number of benzene rings is 2. The van der Waals surface area contributed by atoms with E-state index in [4.69, 9.17) is 0 Å². The molecule has 2 N–H and O–H groups in total. The normalized spacial score (nSPS) is 19.8. The van der Waals surface area contributed by atoms with Crippen molar-refractivity contribution in [1.29, 1.82) is 0 Å². The molecule has 2 heterocycles. The first kappa shape index (κ1) is 19.9. The molecule has 29 heavy (non-hydrogen) atoms. The molecule has 0 aliphatic carbocycles. The maximum atomic E-state index is 13.1. The van der Waals surface area contributed by atoms with E-state index in [2.05, 4.69) is 17.6 Å². The molecule has 0 unspecified atom stereocenters. The number of piperidine rings is 2. The van der Waals surface area contributed by atoms with Crippen LogP contribution in [0.1, 0.15) is 43.0 Å². The summed E-state index contributed by atoms with van der Waals surface area (Å²) in [5.74, 6) is 0.238. The number of amides is 2. The number of nitrogens with zero attached hydrogens (tertiary/aromatic N) is 1. The van der Waals surface area contributed by atoms with Crippen LogP contribution in [0.2, 0.25) is 0 Å². The van der Waals surface area contributed by atoms with E-state index in [1.54, 1.807) is 0 Å². The van der Waals surface area contributed by atoms with E-state index < -0.39 is 0 Å². The van der Waals surface area contributed by atoms with E-state index in [1.807, 2.05) is 47.4 Å². The van der Waals surface area contributed by atoms with Gasteiger partial charge in [0.25, 0.3) is 5.91 Å². The Labute approximate surface area is 172 Å². The molecule has 2 aliphatic heterocycles. The van der Waals surface area contributed by atoms with Gasteiger partial charge in [0.05, 0.1) is 0 Å². The molecule has 4 rings (SSSR count). The summed E-state index contributed by atoms with van der Waals surface area (Å²) >= 11 is 0. The summed E-state index contributed by atoms with van der Waals surface area (Å²) in [5, 5.41) is 8.65. The Balaban J connectivity index is 1.33. The van der Waals surface area contributed by atoms with Gasteiger partial charge < -0.3 is 15.5 Å². The molecular weight excluding hydrogens is 362 g/mol. The molecule has 0 spiro atoms. The molecule has 0 saturated carbocycles. The number of hydrogen-bond acceptors (Lipinski definition) is 3. The topological polar surface area (TPSA) is 61.4 Å². The van der Waals surface area contributed by atoms with Gasteiger partial charge in [0.2, 0.25) is 5.91 Å². The molecule has 5 heteroatoms. The van der Waals surface area contributed by atoms with Crippen LogP contribution < -0.4 is 10.6 Å². The zero-order chi connectivity index (χ0) is 20.3. The second kappa shape index (κ2) is 8.54. The largest absolute Gasteiger partial charge is 0.355 e. The molecule has 154 valence electrons. The minimum absolute atomic E-state index is 0.0110. The molecule has 0 bridgehead atoms. The summed E-state index contributed by atoms with van der Waals surface area (Å²) < 4.78 is 0. The highest BCUT2D eigenvalue weighted by atomic mass is 16.2. The lowest BCUT2D eigenvalue weighted by atomic mass is 9.81. The second-order valence-corrected chi connectivity index (χ2v) is 8.87. The van der Waals surface area contributed by atoms with Gasteiger partial charge in [-0.2, -0.15) is 0 Å². The summed E-state index contributed by atoms with van der Waals surface area (Å²) in [4.78, 5) is 27.7. The number of likely N-dealkylation sites (tertiary alicyclic amines) is 1. The fourth-order valence-corrected chi connectivity index (χ4v) is 4.58. The van der Waals surface area contributed by atoms with Crippen LogP contribution in [0.5, 0.6) is 0 Å². The maximum Gasteiger partial charge on any atom is 0.254 e. The lowest BCUT2D eigenvalue weighted by molar-refractivity contribution is -0.126. The van der Waals surface area contributed by atoms with Crippen molar-refractivity contribution in [3.63, 3.8) is 0 Å². The third-order valence-corrected chi connectivity index (χ3v) is 6.67. The van der Waals surface area contributed by atoms with E-state index >= 15 is 0 Å². The monoisotopic (exact) mass is 393 g/mol.